The Labute approximate surface area is 166 Å². The van der Waals surface area contributed by atoms with Crippen LogP contribution in [0.2, 0.25) is 5.02 Å². The SMILES string of the molecule is Cc1ccc(-c2nc3ncccc3o2)cc1NC(=O)COc1ccc(Cl)cc1. The molecule has 2 heterocycles. The predicted octanol–water partition coefficient (Wildman–Crippen LogP) is 4.87. The lowest BCUT2D eigenvalue weighted by Gasteiger charge is -2.10. The van der Waals surface area contributed by atoms with Gasteiger partial charge in [0.05, 0.1) is 0 Å². The zero-order chi connectivity index (χ0) is 19.5. The summed E-state index contributed by atoms with van der Waals surface area (Å²) in [5.41, 5.74) is 3.48. The van der Waals surface area contributed by atoms with Crippen LogP contribution in [0.4, 0.5) is 5.69 Å². The van der Waals surface area contributed by atoms with E-state index in [4.69, 9.17) is 20.8 Å². The minimum atomic E-state index is -0.269. The van der Waals surface area contributed by atoms with Gasteiger partial charge in [-0.15, -0.1) is 0 Å². The maximum absolute atomic E-state index is 12.3. The van der Waals surface area contributed by atoms with E-state index in [1.165, 1.54) is 0 Å². The lowest BCUT2D eigenvalue weighted by Crippen LogP contribution is -2.20. The zero-order valence-electron chi connectivity index (χ0n) is 15.0. The van der Waals surface area contributed by atoms with Gasteiger partial charge in [0.1, 0.15) is 5.75 Å². The first-order valence-corrected chi connectivity index (χ1v) is 8.97. The van der Waals surface area contributed by atoms with Gasteiger partial charge in [-0.3, -0.25) is 4.79 Å². The molecule has 0 saturated heterocycles. The van der Waals surface area contributed by atoms with Crippen LogP contribution in [0.5, 0.6) is 5.75 Å². The van der Waals surface area contributed by atoms with E-state index in [9.17, 15) is 4.79 Å². The van der Waals surface area contributed by atoms with Crippen LogP contribution in [-0.4, -0.2) is 22.5 Å². The molecule has 140 valence electrons. The lowest BCUT2D eigenvalue weighted by atomic mass is 10.1. The molecule has 0 aliphatic carbocycles. The molecule has 0 saturated carbocycles. The number of rotatable bonds is 5. The van der Waals surface area contributed by atoms with E-state index >= 15 is 0 Å². The van der Waals surface area contributed by atoms with E-state index in [0.29, 0.717) is 33.6 Å². The molecule has 0 atom stereocenters. The highest BCUT2D eigenvalue weighted by molar-refractivity contribution is 6.30. The summed E-state index contributed by atoms with van der Waals surface area (Å²) in [6.45, 7) is 1.80. The molecule has 7 heteroatoms. The van der Waals surface area contributed by atoms with Crippen LogP contribution >= 0.6 is 11.6 Å². The summed E-state index contributed by atoms with van der Waals surface area (Å²) in [5.74, 6) is 0.750. The molecule has 4 aromatic rings. The number of halogens is 1. The number of nitrogens with zero attached hydrogens (tertiary/aromatic N) is 2. The molecule has 0 aliphatic heterocycles. The quantitative estimate of drug-likeness (QED) is 0.523. The smallest absolute Gasteiger partial charge is 0.262 e. The topological polar surface area (TPSA) is 77.3 Å². The van der Waals surface area contributed by atoms with Crippen molar-refractivity contribution in [2.45, 2.75) is 6.92 Å². The number of carbonyl (C=O) groups excluding carboxylic acids is 1. The number of hydrogen-bond donors (Lipinski definition) is 1. The summed E-state index contributed by atoms with van der Waals surface area (Å²) in [5, 5.41) is 3.47. The number of hydrogen-bond acceptors (Lipinski definition) is 5. The van der Waals surface area contributed by atoms with Gasteiger partial charge in [0.25, 0.3) is 5.91 Å². The Morgan fingerprint density at radius 2 is 2.00 bits per heavy atom. The predicted molar refractivity (Wildman–Crippen MR) is 108 cm³/mol. The van der Waals surface area contributed by atoms with Gasteiger partial charge in [-0.05, 0) is 61.0 Å². The second-order valence-corrected chi connectivity index (χ2v) is 6.60. The Kier molecular flexibility index (Phi) is 4.95. The maximum Gasteiger partial charge on any atom is 0.262 e. The molecule has 0 spiro atoms. The number of benzene rings is 2. The van der Waals surface area contributed by atoms with Gasteiger partial charge in [-0.1, -0.05) is 17.7 Å². The summed E-state index contributed by atoms with van der Waals surface area (Å²) in [6.07, 6.45) is 1.66. The Hall–Kier alpha value is -3.38. The number of carbonyl (C=O) groups is 1. The molecule has 2 aromatic carbocycles. The van der Waals surface area contributed by atoms with Crippen LogP contribution < -0.4 is 10.1 Å². The van der Waals surface area contributed by atoms with Gasteiger partial charge in [-0.25, -0.2) is 4.98 Å². The Morgan fingerprint density at radius 1 is 1.18 bits per heavy atom. The largest absolute Gasteiger partial charge is 0.484 e. The second-order valence-electron chi connectivity index (χ2n) is 6.16. The van der Waals surface area contributed by atoms with E-state index in [1.807, 2.05) is 31.2 Å². The molecule has 4 rings (SSSR count). The number of fused-ring (bicyclic) bond motifs is 1. The van der Waals surface area contributed by atoms with Crippen molar-refractivity contribution in [1.82, 2.24) is 9.97 Å². The van der Waals surface area contributed by atoms with Gasteiger partial charge >= 0.3 is 0 Å². The molecule has 6 nitrogen and oxygen atoms in total. The number of aromatic nitrogens is 2. The van der Waals surface area contributed by atoms with Crippen LogP contribution in [-0.2, 0) is 4.79 Å². The van der Waals surface area contributed by atoms with Gasteiger partial charge in [0.2, 0.25) is 5.89 Å². The van der Waals surface area contributed by atoms with Crippen molar-refractivity contribution in [2.24, 2.45) is 0 Å². The number of aryl methyl sites for hydroxylation is 1. The molecular weight excluding hydrogens is 378 g/mol. The lowest BCUT2D eigenvalue weighted by molar-refractivity contribution is -0.118. The molecule has 0 fully saturated rings. The summed E-state index contributed by atoms with van der Waals surface area (Å²) < 4.78 is 11.2. The third-order valence-electron chi connectivity index (χ3n) is 4.11. The monoisotopic (exact) mass is 393 g/mol. The van der Waals surface area contributed by atoms with Gasteiger partial charge < -0.3 is 14.5 Å². The highest BCUT2D eigenvalue weighted by atomic mass is 35.5. The first-order valence-electron chi connectivity index (χ1n) is 8.59. The molecule has 0 radical (unpaired) electrons. The first kappa shape index (κ1) is 18.0. The van der Waals surface area contributed by atoms with Crippen LogP contribution in [0.15, 0.2) is 65.2 Å². The maximum atomic E-state index is 12.3. The van der Waals surface area contributed by atoms with Crippen molar-refractivity contribution in [3.63, 3.8) is 0 Å². The fourth-order valence-corrected chi connectivity index (χ4v) is 2.77. The van der Waals surface area contributed by atoms with E-state index in [0.717, 1.165) is 11.1 Å². The van der Waals surface area contributed by atoms with Crippen molar-refractivity contribution in [3.8, 4) is 17.2 Å². The number of pyridine rings is 1. The summed E-state index contributed by atoms with van der Waals surface area (Å²) in [4.78, 5) is 20.8. The third-order valence-corrected chi connectivity index (χ3v) is 4.36. The van der Waals surface area contributed by atoms with E-state index < -0.39 is 0 Å². The normalized spacial score (nSPS) is 10.8. The molecule has 28 heavy (non-hydrogen) atoms. The highest BCUT2D eigenvalue weighted by Gasteiger charge is 2.12. The van der Waals surface area contributed by atoms with E-state index in [-0.39, 0.29) is 12.5 Å². The van der Waals surface area contributed by atoms with E-state index in [2.05, 4.69) is 15.3 Å². The minimum Gasteiger partial charge on any atom is -0.484 e. The van der Waals surface area contributed by atoms with E-state index in [1.54, 1.807) is 36.5 Å². The van der Waals surface area contributed by atoms with Gasteiger partial charge in [0.15, 0.2) is 17.8 Å². The molecule has 0 bridgehead atoms. The molecule has 2 aromatic heterocycles. The van der Waals surface area contributed by atoms with Crippen LogP contribution in [0.25, 0.3) is 22.7 Å². The average Bonchev–Trinajstić information content (AvgIpc) is 3.13. The molecule has 0 aliphatic rings. The zero-order valence-corrected chi connectivity index (χ0v) is 15.7. The summed E-state index contributed by atoms with van der Waals surface area (Å²) in [6, 6.07) is 16.0. The number of ether oxygens (including phenoxy) is 1. The average molecular weight is 394 g/mol. The van der Waals surface area contributed by atoms with Crippen molar-refractivity contribution in [1.29, 1.82) is 0 Å². The molecular formula is C21H16ClN3O3. The Balaban J connectivity index is 1.49. The third kappa shape index (κ3) is 3.97. The van der Waals surface area contributed by atoms with Crippen LogP contribution in [0.3, 0.4) is 0 Å². The van der Waals surface area contributed by atoms with Gasteiger partial charge in [0, 0.05) is 22.5 Å². The molecule has 0 unspecified atom stereocenters. The summed E-state index contributed by atoms with van der Waals surface area (Å²) in [7, 11) is 0. The Bertz CT molecular complexity index is 1110. The van der Waals surface area contributed by atoms with Crippen LogP contribution in [0.1, 0.15) is 5.56 Å². The first-order chi connectivity index (χ1) is 13.6. The molecule has 1 amide bonds. The standard InChI is InChI=1S/C21H16ClN3O3/c1-13-4-5-14(21-25-20-18(28-21)3-2-10-23-20)11-17(13)24-19(26)12-27-16-8-6-15(22)7-9-16/h2-11H,12H2,1H3,(H,24,26). The molecule has 1 N–H and O–H groups in total. The van der Waals surface area contributed by atoms with Crippen molar-refractivity contribution >= 4 is 34.4 Å². The number of amides is 1. The highest BCUT2D eigenvalue weighted by Crippen LogP contribution is 2.27. The fraction of sp³-hybridized carbons (Fsp3) is 0.0952. The Morgan fingerprint density at radius 3 is 2.79 bits per heavy atom. The van der Waals surface area contributed by atoms with Crippen molar-refractivity contribution in [3.05, 3.63) is 71.4 Å². The van der Waals surface area contributed by atoms with Crippen molar-refractivity contribution < 1.29 is 13.9 Å². The summed E-state index contributed by atoms with van der Waals surface area (Å²) >= 11 is 5.84. The van der Waals surface area contributed by atoms with Gasteiger partial charge in [-0.2, -0.15) is 4.98 Å². The minimum absolute atomic E-state index is 0.113. The fourth-order valence-electron chi connectivity index (χ4n) is 2.65. The second kappa shape index (κ2) is 7.70. The number of oxazole rings is 1. The number of anilines is 1. The van der Waals surface area contributed by atoms with Crippen molar-refractivity contribution in [2.75, 3.05) is 11.9 Å². The number of nitrogens with one attached hydrogen (secondary N) is 1. The van der Waals surface area contributed by atoms with Crippen LogP contribution in [0, 0.1) is 6.92 Å².